The van der Waals surface area contributed by atoms with E-state index in [1.54, 1.807) is 23.1 Å². The molecule has 1 aromatic heterocycles. The summed E-state index contributed by atoms with van der Waals surface area (Å²) in [5.41, 5.74) is 1.40. The van der Waals surface area contributed by atoms with Gasteiger partial charge in [-0.25, -0.2) is 0 Å². The van der Waals surface area contributed by atoms with Gasteiger partial charge in [-0.1, -0.05) is 18.2 Å². The van der Waals surface area contributed by atoms with Gasteiger partial charge < -0.3 is 19.5 Å². The zero-order valence-electron chi connectivity index (χ0n) is 16.3. The Bertz CT molecular complexity index is 1080. The molecule has 1 aliphatic rings. The number of amides is 1. The summed E-state index contributed by atoms with van der Waals surface area (Å²) in [5, 5.41) is 15.3. The van der Waals surface area contributed by atoms with Crippen molar-refractivity contribution in [2.24, 2.45) is 0 Å². The highest BCUT2D eigenvalue weighted by molar-refractivity contribution is 7.80. The minimum Gasteiger partial charge on any atom is -0.451 e. The van der Waals surface area contributed by atoms with Gasteiger partial charge in [0.2, 0.25) is 0 Å². The van der Waals surface area contributed by atoms with E-state index in [9.17, 15) is 14.9 Å². The Morgan fingerprint density at radius 1 is 1.20 bits per heavy atom. The minimum absolute atomic E-state index is 0.00475. The van der Waals surface area contributed by atoms with Crippen LogP contribution in [0.1, 0.15) is 17.5 Å². The summed E-state index contributed by atoms with van der Waals surface area (Å²) >= 11 is 5.52. The third-order valence-electron chi connectivity index (χ3n) is 5.14. The van der Waals surface area contributed by atoms with E-state index < -0.39 is 4.92 Å². The molecule has 3 aromatic rings. The fraction of sp³-hybridized carbons (Fsp3) is 0.238. The number of nitro groups is 1. The van der Waals surface area contributed by atoms with Crippen molar-refractivity contribution < 1.29 is 14.1 Å². The van der Waals surface area contributed by atoms with Crippen LogP contribution in [0.25, 0.3) is 11.0 Å². The first kappa shape index (κ1) is 19.8. The third kappa shape index (κ3) is 3.97. The fourth-order valence-electron chi connectivity index (χ4n) is 3.55. The summed E-state index contributed by atoms with van der Waals surface area (Å²) in [5.74, 6) is 0.204. The van der Waals surface area contributed by atoms with Crippen LogP contribution in [0.3, 0.4) is 0 Å². The van der Waals surface area contributed by atoms with Crippen molar-refractivity contribution in [2.75, 3.05) is 25.0 Å². The van der Waals surface area contributed by atoms with Crippen LogP contribution in [0.2, 0.25) is 0 Å². The highest BCUT2D eigenvalue weighted by Crippen LogP contribution is 2.22. The number of carbonyl (C=O) groups is 1. The SMILES string of the molecule is CC1CN(C(=O)c2cc3ccccc3o2)CCN1C(=S)Nc1ccc([N+](=O)[O-])cc1. The smallest absolute Gasteiger partial charge is 0.289 e. The number of fused-ring (bicyclic) bond motifs is 1. The molecule has 2 aromatic carbocycles. The average molecular weight is 424 g/mol. The van der Waals surface area contributed by atoms with Crippen molar-refractivity contribution in [1.29, 1.82) is 0 Å². The van der Waals surface area contributed by atoms with Crippen molar-refractivity contribution in [3.8, 4) is 0 Å². The first-order valence-electron chi connectivity index (χ1n) is 9.52. The Kier molecular flexibility index (Phi) is 5.37. The van der Waals surface area contributed by atoms with Crippen LogP contribution < -0.4 is 5.32 Å². The average Bonchev–Trinajstić information content (AvgIpc) is 3.17. The molecule has 4 rings (SSSR count). The van der Waals surface area contributed by atoms with E-state index in [0.717, 1.165) is 5.39 Å². The Morgan fingerprint density at radius 3 is 2.60 bits per heavy atom. The maximum absolute atomic E-state index is 12.9. The molecule has 8 nitrogen and oxygen atoms in total. The summed E-state index contributed by atoms with van der Waals surface area (Å²) < 4.78 is 5.71. The maximum atomic E-state index is 12.9. The van der Waals surface area contributed by atoms with E-state index in [1.165, 1.54) is 12.1 Å². The lowest BCUT2D eigenvalue weighted by molar-refractivity contribution is -0.384. The van der Waals surface area contributed by atoms with Gasteiger partial charge in [0.15, 0.2) is 10.9 Å². The number of rotatable bonds is 3. The third-order valence-corrected chi connectivity index (χ3v) is 5.48. The van der Waals surface area contributed by atoms with E-state index in [0.29, 0.717) is 41.8 Å². The van der Waals surface area contributed by atoms with E-state index in [-0.39, 0.29) is 17.6 Å². The number of furan rings is 1. The molecule has 1 saturated heterocycles. The molecule has 0 radical (unpaired) electrons. The van der Waals surface area contributed by atoms with Crippen molar-refractivity contribution >= 4 is 45.6 Å². The Labute approximate surface area is 178 Å². The molecule has 1 aliphatic heterocycles. The molecule has 0 spiro atoms. The molecule has 9 heteroatoms. The molecule has 1 amide bonds. The van der Waals surface area contributed by atoms with E-state index >= 15 is 0 Å². The van der Waals surface area contributed by atoms with Crippen LogP contribution in [-0.2, 0) is 0 Å². The second-order valence-electron chi connectivity index (χ2n) is 7.18. The number of carbonyl (C=O) groups excluding carboxylic acids is 1. The van der Waals surface area contributed by atoms with Crippen LogP contribution >= 0.6 is 12.2 Å². The largest absolute Gasteiger partial charge is 0.451 e. The van der Waals surface area contributed by atoms with Crippen LogP contribution in [0.5, 0.6) is 0 Å². The normalized spacial score (nSPS) is 16.5. The monoisotopic (exact) mass is 424 g/mol. The van der Waals surface area contributed by atoms with Gasteiger partial charge >= 0.3 is 0 Å². The molecule has 2 heterocycles. The Balaban J connectivity index is 1.39. The molecule has 0 aliphatic carbocycles. The summed E-state index contributed by atoms with van der Waals surface area (Å²) in [6, 6.07) is 15.4. The molecule has 1 N–H and O–H groups in total. The molecule has 1 fully saturated rings. The molecule has 0 bridgehead atoms. The minimum atomic E-state index is -0.442. The van der Waals surface area contributed by atoms with Crippen LogP contribution in [-0.4, -0.2) is 51.4 Å². The molecule has 1 unspecified atom stereocenters. The highest BCUT2D eigenvalue weighted by Gasteiger charge is 2.30. The van der Waals surface area contributed by atoms with Crippen molar-refractivity contribution in [2.45, 2.75) is 13.0 Å². The number of para-hydroxylation sites is 1. The molecular weight excluding hydrogens is 404 g/mol. The number of nitrogens with one attached hydrogen (secondary N) is 1. The van der Waals surface area contributed by atoms with Crippen LogP contribution in [0, 0.1) is 10.1 Å². The van der Waals surface area contributed by atoms with Crippen molar-refractivity contribution in [3.05, 3.63) is 70.5 Å². The summed E-state index contributed by atoms with van der Waals surface area (Å²) in [6.45, 7) is 3.61. The van der Waals surface area contributed by atoms with Gasteiger partial charge in [0.05, 0.1) is 4.92 Å². The Hall–Kier alpha value is -3.46. The van der Waals surface area contributed by atoms with Gasteiger partial charge in [-0.05, 0) is 43.4 Å². The summed E-state index contributed by atoms with van der Waals surface area (Å²) in [4.78, 5) is 27.0. The number of benzene rings is 2. The van der Waals surface area contributed by atoms with Crippen LogP contribution in [0.4, 0.5) is 11.4 Å². The number of nitro benzene ring substituents is 1. The van der Waals surface area contributed by atoms with Crippen molar-refractivity contribution in [1.82, 2.24) is 9.80 Å². The quantitative estimate of drug-likeness (QED) is 0.387. The van der Waals surface area contributed by atoms with E-state index in [1.807, 2.05) is 36.1 Å². The lowest BCUT2D eigenvalue weighted by atomic mass is 10.2. The van der Waals surface area contributed by atoms with E-state index in [4.69, 9.17) is 16.6 Å². The lowest BCUT2D eigenvalue weighted by Gasteiger charge is -2.40. The maximum Gasteiger partial charge on any atom is 0.289 e. The molecule has 30 heavy (non-hydrogen) atoms. The van der Waals surface area contributed by atoms with Crippen LogP contribution in [0.15, 0.2) is 59.0 Å². The predicted molar refractivity (Wildman–Crippen MR) is 118 cm³/mol. The predicted octanol–water partition coefficient (Wildman–Crippen LogP) is 3.88. The zero-order valence-corrected chi connectivity index (χ0v) is 17.1. The fourth-order valence-corrected chi connectivity index (χ4v) is 3.94. The molecule has 154 valence electrons. The number of anilines is 1. The summed E-state index contributed by atoms with van der Waals surface area (Å²) in [6.07, 6.45) is 0. The number of hydrogen-bond acceptors (Lipinski definition) is 5. The van der Waals surface area contributed by atoms with Gasteiger partial charge in [-0.3, -0.25) is 14.9 Å². The Morgan fingerprint density at radius 2 is 1.93 bits per heavy atom. The molecule has 0 saturated carbocycles. The lowest BCUT2D eigenvalue weighted by Crippen LogP contribution is -2.56. The number of thiocarbonyl (C=S) groups is 1. The number of piperazine rings is 1. The number of non-ortho nitro benzene ring substituents is 1. The number of hydrogen-bond donors (Lipinski definition) is 1. The number of nitrogens with zero attached hydrogens (tertiary/aromatic N) is 3. The molecule has 1 atom stereocenters. The first-order chi connectivity index (χ1) is 14.4. The second-order valence-corrected chi connectivity index (χ2v) is 7.56. The van der Waals surface area contributed by atoms with Gasteiger partial charge in [0.1, 0.15) is 5.58 Å². The standard InChI is InChI=1S/C21H20N4O4S/c1-14-13-23(20(26)19-12-15-4-2-3-5-18(15)29-19)10-11-24(14)21(30)22-16-6-8-17(9-7-16)25(27)28/h2-9,12,14H,10-11,13H2,1H3,(H,22,30). The van der Waals surface area contributed by atoms with E-state index in [2.05, 4.69) is 5.32 Å². The van der Waals surface area contributed by atoms with Crippen molar-refractivity contribution in [3.63, 3.8) is 0 Å². The highest BCUT2D eigenvalue weighted by atomic mass is 32.1. The second kappa shape index (κ2) is 8.11. The zero-order chi connectivity index (χ0) is 21.3. The summed E-state index contributed by atoms with van der Waals surface area (Å²) in [7, 11) is 0. The topological polar surface area (TPSA) is 91.9 Å². The van der Waals surface area contributed by atoms with Gasteiger partial charge in [-0.2, -0.15) is 0 Å². The van der Waals surface area contributed by atoms with Gasteiger partial charge in [-0.15, -0.1) is 0 Å². The van der Waals surface area contributed by atoms with Gasteiger partial charge in [0, 0.05) is 48.9 Å². The van der Waals surface area contributed by atoms with Gasteiger partial charge in [0.25, 0.3) is 11.6 Å². The first-order valence-corrected chi connectivity index (χ1v) is 9.93. The molecular formula is C21H20N4O4S.